The third-order valence-corrected chi connectivity index (χ3v) is 3.24. The van der Waals surface area contributed by atoms with Gasteiger partial charge in [-0.2, -0.15) is 0 Å². The van der Waals surface area contributed by atoms with Crippen molar-refractivity contribution >= 4 is 17.7 Å². The molecule has 120 valence electrons. The number of benzene rings is 2. The number of amides is 1. The molecule has 0 radical (unpaired) electrons. The van der Waals surface area contributed by atoms with E-state index in [-0.39, 0.29) is 5.69 Å². The molecule has 0 heterocycles. The van der Waals surface area contributed by atoms with E-state index in [2.05, 4.69) is 19.2 Å². The quantitative estimate of drug-likeness (QED) is 0.788. The van der Waals surface area contributed by atoms with Gasteiger partial charge in [0.2, 0.25) is 5.91 Å². The maximum Gasteiger partial charge on any atom is 0.248 e. The van der Waals surface area contributed by atoms with Crippen LogP contribution in [0.1, 0.15) is 25.0 Å². The Morgan fingerprint density at radius 1 is 1.13 bits per heavy atom. The van der Waals surface area contributed by atoms with Crippen LogP contribution in [0.15, 0.2) is 48.5 Å². The molecule has 0 aliphatic carbocycles. The molecule has 0 aliphatic heterocycles. The topological polar surface area (TPSA) is 29.1 Å². The Hall–Kier alpha value is -2.49. The lowest BCUT2D eigenvalue weighted by Crippen LogP contribution is -2.09. The molecule has 23 heavy (non-hydrogen) atoms. The highest BCUT2D eigenvalue weighted by Gasteiger charge is 2.05. The zero-order valence-corrected chi connectivity index (χ0v) is 13.1. The molecule has 0 aromatic heterocycles. The minimum atomic E-state index is -0.801. The molecule has 0 saturated carbocycles. The van der Waals surface area contributed by atoms with E-state index >= 15 is 0 Å². The summed E-state index contributed by atoms with van der Waals surface area (Å²) in [6.07, 6.45) is 3.98. The number of carbonyl (C=O) groups is 1. The Balaban J connectivity index is 1.97. The minimum absolute atomic E-state index is 0.0478. The lowest BCUT2D eigenvalue weighted by atomic mass is 10.0. The third-order valence-electron chi connectivity index (χ3n) is 3.24. The lowest BCUT2D eigenvalue weighted by molar-refractivity contribution is -0.111. The van der Waals surface area contributed by atoms with Crippen molar-refractivity contribution in [2.75, 3.05) is 5.32 Å². The number of anilines is 1. The standard InChI is InChI=1S/C19H19F2NO/c1-13(2)11-15-5-3-14(4-6-15)7-10-19(23)22-18-9-8-16(20)12-17(18)21/h3-10,12-13H,11H2,1-2H3,(H,22,23)/b10-7+. The van der Waals surface area contributed by atoms with Gasteiger partial charge in [0, 0.05) is 12.1 Å². The molecule has 4 heteroatoms. The molecule has 0 spiro atoms. The maximum absolute atomic E-state index is 13.4. The predicted molar refractivity (Wildman–Crippen MR) is 89.0 cm³/mol. The average molecular weight is 315 g/mol. The van der Waals surface area contributed by atoms with Gasteiger partial charge in [0.1, 0.15) is 11.6 Å². The molecular weight excluding hydrogens is 296 g/mol. The van der Waals surface area contributed by atoms with Gasteiger partial charge in [-0.1, -0.05) is 38.1 Å². The molecule has 1 amide bonds. The maximum atomic E-state index is 13.4. The largest absolute Gasteiger partial charge is 0.320 e. The van der Waals surface area contributed by atoms with Gasteiger partial charge in [0.15, 0.2) is 0 Å². The molecule has 0 saturated heterocycles. The van der Waals surface area contributed by atoms with Crippen LogP contribution in [0.2, 0.25) is 0 Å². The average Bonchev–Trinajstić information content (AvgIpc) is 2.49. The fraction of sp³-hybridized carbons (Fsp3) is 0.211. The summed E-state index contributed by atoms with van der Waals surface area (Å²) in [6, 6.07) is 10.9. The van der Waals surface area contributed by atoms with E-state index in [9.17, 15) is 13.6 Å². The van der Waals surface area contributed by atoms with Gasteiger partial charge in [-0.3, -0.25) is 4.79 Å². The molecule has 2 rings (SSSR count). The van der Waals surface area contributed by atoms with Crippen molar-refractivity contribution in [2.24, 2.45) is 5.92 Å². The van der Waals surface area contributed by atoms with Crippen LogP contribution in [0.25, 0.3) is 6.08 Å². The Labute approximate surface area is 134 Å². The van der Waals surface area contributed by atoms with E-state index in [1.165, 1.54) is 17.7 Å². The summed E-state index contributed by atoms with van der Waals surface area (Å²) >= 11 is 0. The van der Waals surface area contributed by atoms with Crippen LogP contribution in [0.4, 0.5) is 14.5 Å². The van der Waals surface area contributed by atoms with Crippen molar-refractivity contribution < 1.29 is 13.6 Å². The Kier molecular flexibility index (Phi) is 5.63. The van der Waals surface area contributed by atoms with E-state index in [0.717, 1.165) is 24.1 Å². The van der Waals surface area contributed by atoms with Crippen molar-refractivity contribution in [1.29, 1.82) is 0 Å². The van der Waals surface area contributed by atoms with E-state index in [1.54, 1.807) is 6.08 Å². The van der Waals surface area contributed by atoms with Crippen molar-refractivity contribution in [3.05, 3.63) is 71.3 Å². The summed E-state index contributed by atoms with van der Waals surface area (Å²) < 4.78 is 26.2. The Bertz CT molecular complexity index is 706. The number of nitrogens with one attached hydrogen (secondary N) is 1. The molecule has 0 bridgehead atoms. The first-order valence-electron chi connectivity index (χ1n) is 7.47. The van der Waals surface area contributed by atoms with E-state index < -0.39 is 17.5 Å². The smallest absolute Gasteiger partial charge is 0.248 e. The van der Waals surface area contributed by atoms with Gasteiger partial charge in [-0.25, -0.2) is 8.78 Å². The van der Waals surface area contributed by atoms with Gasteiger partial charge in [-0.05, 0) is 41.7 Å². The monoisotopic (exact) mass is 315 g/mol. The molecule has 1 N–H and O–H groups in total. The number of halogens is 2. The zero-order valence-electron chi connectivity index (χ0n) is 13.1. The molecule has 2 aromatic rings. The number of rotatable bonds is 5. The van der Waals surface area contributed by atoms with Crippen LogP contribution in [0.3, 0.4) is 0 Å². The van der Waals surface area contributed by atoms with Gasteiger partial charge >= 0.3 is 0 Å². The highest BCUT2D eigenvalue weighted by Crippen LogP contribution is 2.15. The zero-order chi connectivity index (χ0) is 16.8. The summed E-state index contributed by atoms with van der Waals surface area (Å²) in [4.78, 5) is 11.8. The lowest BCUT2D eigenvalue weighted by Gasteiger charge is -2.05. The summed E-state index contributed by atoms with van der Waals surface area (Å²) in [5, 5.41) is 2.38. The van der Waals surface area contributed by atoms with Crippen LogP contribution in [-0.4, -0.2) is 5.91 Å². The molecule has 0 fully saturated rings. The summed E-state index contributed by atoms with van der Waals surface area (Å²) in [7, 11) is 0. The fourth-order valence-corrected chi connectivity index (χ4v) is 2.17. The van der Waals surface area contributed by atoms with Crippen molar-refractivity contribution in [2.45, 2.75) is 20.3 Å². The SMILES string of the molecule is CC(C)Cc1ccc(/C=C/C(=O)Nc2ccc(F)cc2F)cc1. The van der Waals surface area contributed by atoms with Gasteiger partial charge in [0.05, 0.1) is 5.69 Å². The van der Waals surface area contributed by atoms with Crippen molar-refractivity contribution in [1.82, 2.24) is 0 Å². The van der Waals surface area contributed by atoms with E-state index in [0.29, 0.717) is 5.92 Å². The highest BCUT2D eigenvalue weighted by molar-refractivity contribution is 6.01. The molecule has 0 aliphatic rings. The Morgan fingerprint density at radius 2 is 1.83 bits per heavy atom. The van der Waals surface area contributed by atoms with E-state index in [4.69, 9.17) is 0 Å². The predicted octanol–water partition coefficient (Wildman–Crippen LogP) is 4.82. The summed E-state index contributed by atoms with van der Waals surface area (Å²) in [5.41, 5.74) is 2.08. The van der Waals surface area contributed by atoms with E-state index in [1.807, 2.05) is 24.3 Å². The van der Waals surface area contributed by atoms with Crippen LogP contribution in [0, 0.1) is 17.6 Å². The summed E-state index contributed by atoms with van der Waals surface area (Å²) in [6.45, 7) is 4.32. The minimum Gasteiger partial charge on any atom is -0.320 e. The summed E-state index contributed by atoms with van der Waals surface area (Å²) in [5.74, 6) is -1.36. The highest BCUT2D eigenvalue weighted by atomic mass is 19.1. The van der Waals surface area contributed by atoms with Crippen LogP contribution < -0.4 is 5.32 Å². The van der Waals surface area contributed by atoms with Crippen molar-refractivity contribution in [3.63, 3.8) is 0 Å². The normalized spacial score (nSPS) is 11.2. The van der Waals surface area contributed by atoms with Gasteiger partial charge in [-0.15, -0.1) is 0 Å². The first kappa shape index (κ1) is 16.9. The molecule has 0 atom stereocenters. The molecule has 2 aromatic carbocycles. The molecular formula is C19H19F2NO. The number of hydrogen-bond acceptors (Lipinski definition) is 1. The number of hydrogen-bond donors (Lipinski definition) is 1. The second-order valence-corrected chi connectivity index (χ2v) is 5.79. The van der Waals surface area contributed by atoms with Crippen LogP contribution >= 0.6 is 0 Å². The second kappa shape index (κ2) is 7.68. The first-order valence-corrected chi connectivity index (χ1v) is 7.47. The third kappa shape index (κ3) is 5.33. The Morgan fingerprint density at radius 3 is 2.43 bits per heavy atom. The van der Waals surface area contributed by atoms with Crippen LogP contribution in [0.5, 0.6) is 0 Å². The van der Waals surface area contributed by atoms with Gasteiger partial charge < -0.3 is 5.32 Å². The van der Waals surface area contributed by atoms with Crippen LogP contribution in [-0.2, 0) is 11.2 Å². The number of carbonyl (C=O) groups excluding carboxylic acids is 1. The fourth-order valence-electron chi connectivity index (χ4n) is 2.17. The van der Waals surface area contributed by atoms with Gasteiger partial charge in [0.25, 0.3) is 0 Å². The molecule has 0 unspecified atom stereocenters. The molecule has 2 nitrogen and oxygen atoms in total. The second-order valence-electron chi connectivity index (χ2n) is 5.79. The first-order chi connectivity index (χ1) is 10.9. The van der Waals surface area contributed by atoms with Crippen molar-refractivity contribution in [3.8, 4) is 0 Å².